The molecule has 0 radical (unpaired) electrons. The topological polar surface area (TPSA) is 12.0 Å². The Hall–Kier alpha value is -0.0400. The number of hydrogen-bond donors (Lipinski definition) is 1. The van der Waals surface area contributed by atoms with Gasteiger partial charge < -0.3 is 5.32 Å². The second-order valence-corrected chi connectivity index (χ2v) is 4.23. The van der Waals surface area contributed by atoms with Gasteiger partial charge in [0.1, 0.15) is 0 Å². The predicted octanol–water partition coefficient (Wildman–Crippen LogP) is 3.45. The van der Waals surface area contributed by atoms with Gasteiger partial charge in [-0.15, -0.1) is 0 Å². The molecule has 0 aromatic carbocycles. The molecule has 0 saturated heterocycles. The molecule has 1 nitrogen and oxygen atoms in total. The summed E-state index contributed by atoms with van der Waals surface area (Å²) in [5, 5.41) is 3.57. The molecule has 2 atom stereocenters. The van der Waals surface area contributed by atoms with Gasteiger partial charge in [0.15, 0.2) is 0 Å². The molecular weight excluding hydrogens is 158 g/mol. The molecule has 0 spiro atoms. The predicted molar refractivity (Wildman–Crippen MR) is 61.0 cm³/mol. The summed E-state index contributed by atoms with van der Waals surface area (Å²) in [6, 6.07) is 0. The van der Waals surface area contributed by atoms with E-state index in [1.165, 1.54) is 38.8 Å². The van der Waals surface area contributed by atoms with Crippen molar-refractivity contribution in [1.82, 2.24) is 5.32 Å². The van der Waals surface area contributed by atoms with Gasteiger partial charge in [-0.25, -0.2) is 0 Å². The molecule has 0 bridgehead atoms. The van der Waals surface area contributed by atoms with Gasteiger partial charge in [0.2, 0.25) is 0 Å². The standard InChI is InChI=1S/C12H27N/c1-5-8-12(7-3)10-13-9-11(4)6-2/h11-13H,5-10H2,1-4H3. The molecule has 0 aliphatic heterocycles. The molecule has 0 aromatic heterocycles. The maximum Gasteiger partial charge on any atom is -0.00205 e. The van der Waals surface area contributed by atoms with Crippen molar-refractivity contribution < 1.29 is 0 Å². The summed E-state index contributed by atoms with van der Waals surface area (Å²) in [6.45, 7) is 11.6. The van der Waals surface area contributed by atoms with E-state index in [0.29, 0.717) is 0 Å². The quantitative estimate of drug-likeness (QED) is 0.611. The highest BCUT2D eigenvalue weighted by Crippen LogP contribution is 2.09. The molecule has 0 heterocycles. The number of nitrogens with one attached hydrogen (secondary N) is 1. The Morgan fingerprint density at radius 1 is 1.00 bits per heavy atom. The van der Waals surface area contributed by atoms with Gasteiger partial charge in [-0.2, -0.15) is 0 Å². The van der Waals surface area contributed by atoms with Crippen molar-refractivity contribution in [2.75, 3.05) is 13.1 Å². The highest BCUT2D eigenvalue weighted by molar-refractivity contribution is 4.62. The smallest absolute Gasteiger partial charge is 0.00205 e. The summed E-state index contributed by atoms with van der Waals surface area (Å²) in [4.78, 5) is 0. The SMILES string of the molecule is CCCC(CC)CNCC(C)CC. The zero-order valence-electron chi connectivity index (χ0n) is 9.90. The Kier molecular flexibility index (Phi) is 8.53. The van der Waals surface area contributed by atoms with E-state index in [0.717, 1.165) is 11.8 Å². The largest absolute Gasteiger partial charge is 0.316 e. The van der Waals surface area contributed by atoms with E-state index in [9.17, 15) is 0 Å². The fourth-order valence-electron chi connectivity index (χ4n) is 1.54. The van der Waals surface area contributed by atoms with Crippen LogP contribution in [0.15, 0.2) is 0 Å². The van der Waals surface area contributed by atoms with Gasteiger partial charge in [-0.1, -0.05) is 47.0 Å². The van der Waals surface area contributed by atoms with Crippen molar-refractivity contribution in [3.05, 3.63) is 0 Å². The third-order valence-corrected chi connectivity index (χ3v) is 2.90. The zero-order chi connectivity index (χ0) is 10.1. The van der Waals surface area contributed by atoms with E-state index in [1.807, 2.05) is 0 Å². The van der Waals surface area contributed by atoms with Crippen LogP contribution >= 0.6 is 0 Å². The van der Waals surface area contributed by atoms with Crippen LogP contribution < -0.4 is 5.32 Å². The summed E-state index contributed by atoms with van der Waals surface area (Å²) in [5.41, 5.74) is 0. The second kappa shape index (κ2) is 8.55. The third-order valence-electron chi connectivity index (χ3n) is 2.90. The summed E-state index contributed by atoms with van der Waals surface area (Å²) < 4.78 is 0. The van der Waals surface area contributed by atoms with Gasteiger partial charge >= 0.3 is 0 Å². The lowest BCUT2D eigenvalue weighted by Gasteiger charge is -2.16. The third kappa shape index (κ3) is 7.06. The van der Waals surface area contributed by atoms with Crippen molar-refractivity contribution in [3.63, 3.8) is 0 Å². The van der Waals surface area contributed by atoms with Crippen molar-refractivity contribution in [2.24, 2.45) is 11.8 Å². The molecular formula is C12H27N. The Bertz CT molecular complexity index is 101. The normalized spacial score (nSPS) is 15.7. The van der Waals surface area contributed by atoms with Crippen LogP contribution in [0.1, 0.15) is 53.4 Å². The van der Waals surface area contributed by atoms with Crippen molar-refractivity contribution in [3.8, 4) is 0 Å². The first kappa shape index (κ1) is 13.0. The molecule has 0 aliphatic rings. The number of rotatable bonds is 8. The minimum absolute atomic E-state index is 0.833. The lowest BCUT2D eigenvalue weighted by atomic mass is 10.0. The van der Waals surface area contributed by atoms with Gasteiger partial charge in [0.25, 0.3) is 0 Å². The van der Waals surface area contributed by atoms with Crippen LogP contribution in [0.4, 0.5) is 0 Å². The van der Waals surface area contributed by atoms with Crippen molar-refractivity contribution in [2.45, 2.75) is 53.4 Å². The summed E-state index contributed by atoms with van der Waals surface area (Å²) in [7, 11) is 0. The van der Waals surface area contributed by atoms with Crippen LogP contribution in [0.2, 0.25) is 0 Å². The average molecular weight is 185 g/mol. The minimum atomic E-state index is 0.833. The first-order chi connectivity index (χ1) is 6.24. The van der Waals surface area contributed by atoms with Crippen LogP contribution in [-0.2, 0) is 0 Å². The van der Waals surface area contributed by atoms with Gasteiger partial charge in [-0.3, -0.25) is 0 Å². The van der Waals surface area contributed by atoms with E-state index in [-0.39, 0.29) is 0 Å². The highest BCUT2D eigenvalue weighted by Gasteiger charge is 2.04. The van der Waals surface area contributed by atoms with Crippen LogP contribution in [-0.4, -0.2) is 13.1 Å². The fourth-order valence-corrected chi connectivity index (χ4v) is 1.54. The maximum absolute atomic E-state index is 3.57. The summed E-state index contributed by atoms with van der Waals surface area (Å²) in [5.74, 6) is 1.73. The minimum Gasteiger partial charge on any atom is -0.316 e. The fraction of sp³-hybridized carbons (Fsp3) is 1.00. The van der Waals surface area contributed by atoms with Gasteiger partial charge in [-0.05, 0) is 31.3 Å². The molecule has 13 heavy (non-hydrogen) atoms. The average Bonchev–Trinajstić information content (AvgIpc) is 2.16. The van der Waals surface area contributed by atoms with E-state index in [4.69, 9.17) is 0 Å². The second-order valence-electron chi connectivity index (χ2n) is 4.23. The first-order valence-electron chi connectivity index (χ1n) is 5.95. The van der Waals surface area contributed by atoms with Crippen molar-refractivity contribution in [1.29, 1.82) is 0 Å². The van der Waals surface area contributed by atoms with Crippen LogP contribution in [0.5, 0.6) is 0 Å². The molecule has 2 unspecified atom stereocenters. The Morgan fingerprint density at radius 3 is 2.15 bits per heavy atom. The Labute approximate surface area is 84.3 Å². The van der Waals surface area contributed by atoms with Gasteiger partial charge in [0, 0.05) is 0 Å². The Balaban J connectivity index is 3.37. The van der Waals surface area contributed by atoms with Gasteiger partial charge in [0.05, 0.1) is 0 Å². The molecule has 1 heteroatoms. The molecule has 0 amide bonds. The number of hydrogen-bond acceptors (Lipinski definition) is 1. The molecule has 1 N–H and O–H groups in total. The monoisotopic (exact) mass is 185 g/mol. The van der Waals surface area contributed by atoms with Crippen LogP contribution in [0, 0.1) is 11.8 Å². The maximum atomic E-state index is 3.57. The molecule has 0 aromatic rings. The van der Waals surface area contributed by atoms with Crippen LogP contribution in [0.25, 0.3) is 0 Å². The van der Waals surface area contributed by atoms with E-state index in [2.05, 4.69) is 33.0 Å². The Morgan fingerprint density at radius 2 is 1.69 bits per heavy atom. The zero-order valence-corrected chi connectivity index (χ0v) is 9.90. The van der Waals surface area contributed by atoms with Crippen molar-refractivity contribution >= 4 is 0 Å². The lowest BCUT2D eigenvalue weighted by Crippen LogP contribution is -2.26. The van der Waals surface area contributed by atoms with E-state index < -0.39 is 0 Å². The first-order valence-corrected chi connectivity index (χ1v) is 5.95. The highest BCUT2D eigenvalue weighted by atomic mass is 14.9. The lowest BCUT2D eigenvalue weighted by molar-refractivity contribution is 0.403. The molecule has 0 saturated carbocycles. The summed E-state index contributed by atoms with van der Waals surface area (Å²) >= 11 is 0. The van der Waals surface area contributed by atoms with E-state index in [1.54, 1.807) is 0 Å². The molecule has 0 aliphatic carbocycles. The molecule has 80 valence electrons. The summed E-state index contributed by atoms with van der Waals surface area (Å²) in [6.07, 6.45) is 5.31. The van der Waals surface area contributed by atoms with Crippen LogP contribution in [0.3, 0.4) is 0 Å². The van der Waals surface area contributed by atoms with E-state index >= 15 is 0 Å². The molecule has 0 fully saturated rings. The molecule has 0 rings (SSSR count).